The smallest absolute Gasteiger partial charge is 0.230 e. The SMILES string of the molecule is CCCCCCCCCCCCCCCCCCCCCCCCCCCCOOOOOOONOOSOO. The summed E-state index contributed by atoms with van der Waals surface area (Å²) in [7, 11) is 0. The van der Waals surface area contributed by atoms with Crippen LogP contribution in [0.1, 0.15) is 174 Å². The zero-order valence-electron chi connectivity index (χ0n) is 25.5. The van der Waals surface area contributed by atoms with Crippen LogP contribution < -0.4 is 5.64 Å². The Hall–Kier alpha value is -0.130. The third kappa shape index (κ3) is 39.9. The van der Waals surface area contributed by atoms with Gasteiger partial charge in [0.1, 0.15) is 0 Å². The van der Waals surface area contributed by atoms with Crippen molar-refractivity contribution in [1.29, 1.82) is 0 Å². The molecule has 0 rings (SSSR count). The molecule has 0 bridgehead atoms. The van der Waals surface area contributed by atoms with Gasteiger partial charge in [-0.25, -0.2) is 10.1 Å². The summed E-state index contributed by atoms with van der Waals surface area (Å²) in [5, 5.41) is 27.8. The minimum absolute atomic E-state index is 0.106. The lowest BCUT2D eigenvalue weighted by Gasteiger charge is -2.04. The highest BCUT2D eigenvalue weighted by atomic mass is 32.2. The van der Waals surface area contributed by atoms with E-state index in [0.717, 1.165) is 12.8 Å². The second kappa shape index (κ2) is 39.9. The molecule has 0 aromatic heterocycles. The quantitative estimate of drug-likeness (QED) is 0.0295. The second-order valence-corrected chi connectivity index (χ2v) is 10.9. The molecule has 2 N–H and O–H groups in total. The predicted molar refractivity (Wildman–Crippen MR) is 155 cm³/mol. The average molecular weight is 618 g/mol. The molecule has 0 unspecified atom stereocenters. The Labute approximate surface area is 252 Å². The van der Waals surface area contributed by atoms with Gasteiger partial charge in [-0.05, 0) is 37.3 Å². The van der Waals surface area contributed by atoms with Crippen LogP contribution in [0.3, 0.4) is 0 Å². The number of unbranched alkanes of at least 4 members (excludes halogenated alkanes) is 25. The van der Waals surface area contributed by atoms with E-state index in [1.54, 1.807) is 5.64 Å². The van der Waals surface area contributed by atoms with Crippen molar-refractivity contribution in [2.24, 2.45) is 0 Å². The summed E-state index contributed by atoms with van der Waals surface area (Å²) in [6.07, 6.45) is 35.5. The van der Waals surface area contributed by atoms with Gasteiger partial charge in [0.15, 0.2) is 0 Å². The third-order valence-corrected chi connectivity index (χ3v) is 7.12. The largest absolute Gasteiger partial charge is 0.237 e. The summed E-state index contributed by atoms with van der Waals surface area (Å²) in [6, 6.07) is 0. The number of nitrogens with one attached hydrogen (secondary N) is 1. The molecule has 0 aromatic rings. The Morgan fingerprint density at radius 1 is 0.439 bits per heavy atom. The number of rotatable bonds is 38. The lowest BCUT2D eigenvalue weighted by Crippen LogP contribution is -2.15. The fraction of sp³-hybridized carbons (Fsp3) is 1.00. The molecule has 0 aliphatic heterocycles. The Morgan fingerprint density at radius 2 is 0.805 bits per heavy atom. The van der Waals surface area contributed by atoms with Crippen molar-refractivity contribution in [2.45, 2.75) is 174 Å². The molecule has 0 saturated carbocycles. The van der Waals surface area contributed by atoms with Crippen LogP contribution in [0.4, 0.5) is 0 Å². The van der Waals surface area contributed by atoms with Crippen LogP contribution in [0.15, 0.2) is 0 Å². The van der Waals surface area contributed by atoms with Gasteiger partial charge in [0.2, 0.25) is 12.3 Å². The minimum Gasteiger partial charge on any atom is -0.237 e. The summed E-state index contributed by atoms with van der Waals surface area (Å²) in [6.45, 7) is 2.65. The molecular formula is C28H59NO11S. The van der Waals surface area contributed by atoms with E-state index in [-0.39, 0.29) is 12.3 Å². The van der Waals surface area contributed by atoms with Gasteiger partial charge < -0.3 is 0 Å². The van der Waals surface area contributed by atoms with E-state index < -0.39 is 0 Å². The highest BCUT2D eigenvalue weighted by Crippen LogP contribution is 2.16. The molecule has 0 radical (unpaired) electrons. The molecule has 0 heterocycles. The fourth-order valence-electron chi connectivity index (χ4n) is 4.65. The van der Waals surface area contributed by atoms with Gasteiger partial charge >= 0.3 is 0 Å². The van der Waals surface area contributed by atoms with Crippen LogP contribution in [-0.4, -0.2) is 11.9 Å². The van der Waals surface area contributed by atoms with Crippen LogP contribution in [0.5, 0.6) is 0 Å². The first kappa shape index (κ1) is 40.9. The first-order chi connectivity index (χ1) is 20.4. The zero-order chi connectivity index (χ0) is 29.6. The number of hydrogen-bond donors (Lipinski definition) is 2. The molecule has 0 spiro atoms. The normalized spacial score (nSPS) is 11.6. The highest BCUT2D eigenvalue weighted by Gasteiger charge is 1.98. The van der Waals surface area contributed by atoms with Gasteiger partial charge in [0.05, 0.1) is 6.61 Å². The van der Waals surface area contributed by atoms with Crippen LogP contribution in [0.2, 0.25) is 0 Å². The lowest BCUT2D eigenvalue weighted by atomic mass is 10.0. The second-order valence-electron chi connectivity index (χ2n) is 10.5. The Morgan fingerprint density at radius 3 is 1.22 bits per heavy atom. The summed E-state index contributed by atoms with van der Waals surface area (Å²) in [5.74, 6) is 0. The van der Waals surface area contributed by atoms with Crippen LogP contribution in [-0.2, 0) is 48.7 Å². The van der Waals surface area contributed by atoms with Crippen molar-refractivity contribution in [3.05, 3.63) is 0 Å². The van der Waals surface area contributed by atoms with Gasteiger partial charge in [-0.15, -0.1) is 8.67 Å². The standard InChI is InChI=1S/C28H59NO11S/c1-2-3-4-5-6-7-8-9-10-11-12-13-14-15-16-17-18-19-20-21-22-23-24-25-26-27-28-31-35-37-39-38-36-32-29-33-40-41-34-30/h29-30H,2-28H2,1H3. The summed E-state index contributed by atoms with van der Waals surface area (Å²) < 4.78 is 7.45. The molecule has 41 heavy (non-hydrogen) atoms. The van der Waals surface area contributed by atoms with Crippen molar-refractivity contribution < 1.29 is 54.0 Å². The molecule has 0 aliphatic rings. The van der Waals surface area contributed by atoms with E-state index in [2.05, 4.69) is 50.8 Å². The first-order valence-electron chi connectivity index (χ1n) is 16.1. The van der Waals surface area contributed by atoms with E-state index in [9.17, 15) is 0 Å². The maximum atomic E-state index is 7.86. The lowest BCUT2D eigenvalue weighted by molar-refractivity contribution is -0.798. The van der Waals surface area contributed by atoms with Crippen molar-refractivity contribution in [3.63, 3.8) is 0 Å². The Balaban J connectivity index is 3.02. The molecular weight excluding hydrogens is 558 g/mol. The molecule has 0 fully saturated rings. The van der Waals surface area contributed by atoms with Crippen LogP contribution in [0, 0.1) is 0 Å². The van der Waals surface area contributed by atoms with Crippen molar-refractivity contribution in [1.82, 2.24) is 5.64 Å². The van der Waals surface area contributed by atoms with E-state index in [1.807, 2.05) is 0 Å². The number of hydrogen-bond acceptors (Lipinski definition) is 13. The monoisotopic (exact) mass is 617 g/mol. The average Bonchev–Trinajstić information content (AvgIpc) is 2.98. The Bertz CT molecular complexity index is 421. The zero-order valence-corrected chi connectivity index (χ0v) is 26.3. The minimum atomic E-state index is 0.106. The van der Waals surface area contributed by atoms with E-state index >= 15 is 0 Å². The molecule has 0 amide bonds. The topological polar surface area (TPSA) is 125 Å². The van der Waals surface area contributed by atoms with Crippen molar-refractivity contribution in [2.75, 3.05) is 6.61 Å². The summed E-state index contributed by atoms with van der Waals surface area (Å²) >= 11 is 0.106. The summed E-state index contributed by atoms with van der Waals surface area (Å²) in [5.41, 5.74) is 1.61. The molecule has 12 nitrogen and oxygen atoms in total. The summed E-state index contributed by atoms with van der Waals surface area (Å²) in [4.78, 5) is 12.7. The molecule has 0 aromatic carbocycles. The molecule has 13 heteroatoms. The Kier molecular flexibility index (Phi) is 39.7. The van der Waals surface area contributed by atoms with E-state index in [1.165, 1.54) is 154 Å². The fourth-order valence-corrected chi connectivity index (χ4v) is 4.73. The van der Waals surface area contributed by atoms with Crippen molar-refractivity contribution >= 4 is 12.3 Å². The third-order valence-electron chi connectivity index (χ3n) is 6.93. The first-order valence-corrected chi connectivity index (χ1v) is 16.8. The maximum absolute atomic E-state index is 7.86. The molecule has 0 saturated heterocycles. The molecule has 248 valence electrons. The van der Waals surface area contributed by atoms with E-state index in [0.29, 0.717) is 6.61 Å². The van der Waals surface area contributed by atoms with Gasteiger partial charge in [0.25, 0.3) is 0 Å². The predicted octanol–water partition coefficient (Wildman–Crippen LogP) is 10.2. The van der Waals surface area contributed by atoms with Crippen molar-refractivity contribution in [3.8, 4) is 0 Å². The molecule has 0 aliphatic carbocycles. The molecule has 0 atom stereocenters. The van der Waals surface area contributed by atoms with Crippen LogP contribution >= 0.6 is 12.3 Å². The van der Waals surface area contributed by atoms with Gasteiger partial charge in [-0.1, -0.05) is 177 Å². The maximum Gasteiger partial charge on any atom is 0.230 e. The van der Waals surface area contributed by atoms with Gasteiger partial charge in [0, 0.05) is 0 Å². The highest BCUT2D eigenvalue weighted by molar-refractivity contribution is 7.89. The van der Waals surface area contributed by atoms with Gasteiger partial charge in [-0.2, -0.15) is 0 Å². The van der Waals surface area contributed by atoms with Gasteiger partial charge in [-0.3, -0.25) is 0 Å². The van der Waals surface area contributed by atoms with E-state index in [4.69, 9.17) is 10.1 Å². The van der Waals surface area contributed by atoms with Crippen LogP contribution in [0.25, 0.3) is 0 Å².